The summed E-state index contributed by atoms with van der Waals surface area (Å²) in [6.45, 7) is 3.95. The monoisotopic (exact) mass is 683 g/mol. The number of benzene rings is 3. The Kier molecular flexibility index (Phi) is 8.63. The van der Waals surface area contributed by atoms with Gasteiger partial charge < -0.3 is 25.1 Å². The van der Waals surface area contributed by atoms with E-state index in [2.05, 4.69) is 25.5 Å². The second-order valence-electron chi connectivity index (χ2n) is 14.1. The lowest BCUT2D eigenvalue weighted by Crippen LogP contribution is -2.55. The molecule has 0 spiro atoms. The number of pyridine rings is 2. The van der Waals surface area contributed by atoms with E-state index in [0.29, 0.717) is 58.3 Å². The number of hydrogen-bond donors (Lipinski definition) is 4. The van der Waals surface area contributed by atoms with Crippen molar-refractivity contribution in [2.75, 3.05) is 26.2 Å². The van der Waals surface area contributed by atoms with E-state index in [1.807, 2.05) is 84.6 Å². The maximum absolute atomic E-state index is 14.3. The van der Waals surface area contributed by atoms with Gasteiger partial charge >= 0.3 is 6.03 Å². The molecule has 1 atom stereocenters. The van der Waals surface area contributed by atoms with Crippen LogP contribution in [0.1, 0.15) is 59.8 Å². The molecule has 260 valence electrons. The van der Waals surface area contributed by atoms with Crippen molar-refractivity contribution in [3.8, 4) is 0 Å². The molecule has 11 heteroatoms. The highest BCUT2D eigenvalue weighted by atomic mass is 16.2. The molecule has 6 aromatic rings. The molecule has 0 aliphatic carbocycles. The first-order valence-electron chi connectivity index (χ1n) is 17.8. The van der Waals surface area contributed by atoms with Crippen LogP contribution in [0.5, 0.6) is 0 Å². The Labute approximate surface area is 294 Å². The number of likely N-dealkylation sites (tertiary alicyclic amines) is 2. The average molecular weight is 684 g/mol. The fourth-order valence-corrected chi connectivity index (χ4v) is 8.07. The SMILES string of the molecule is Cc1cc(C[C@@H](NC(=O)N2CCC(c3cc4ccccc4[nH]c3=O)CC2)C(=O)N2CCC(c3cc4ccccc4[nH]c3=O)CC2)cc2cn[nH]c12. The predicted octanol–water partition coefficient (Wildman–Crippen LogP) is 5.46. The number of aromatic amines is 3. The normalized spacial score (nSPS) is 16.6. The molecule has 11 nitrogen and oxygen atoms in total. The maximum Gasteiger partial charge on any atom is 0.318 e. The number of piperidine rings is 2. The number of aromatic nitrogens is 4. The highest BCUT2D eigenvalue weighted by Gasteiger charge is 2.33. The van der Waals surface area contributed by atoms with E-state index in [4.69, 9.17) is 0 Å². The molecule has 2 saturated heterocycles. The van der Waals surface area contributed by atoms with Crippen LogP contribution in [0.15, 0.2) is 88.6 Å². The molecule has 2 aliphatic heterocycles. The van der Waals surface area contributed by atoms with Gasteiger partial charge in [0.25, 0.3) is 11.1 Å². The second kappa shape index (κ2) is 13.5. The van der Waals surface area contributed by atoms with E-state index in [1.54, 1.807) is 11.1 Å². The van der Waals surface area contributed by atoms with Crippen molar-refractivity contribution in [3.05, 3.63) is 122 Å². The number of urea groups is 1. The molecule has 5 heterocycles. The summed E-state index contributed by atoms with van der Waals surface area (Å²) in [5.41, 5.74) is 5.87. The maximum atomic E-state index is 14.3. The third-order valence-corrected chi connectivity index (χ3v) is 10.9. The van der Waals surface area contributed by atoms with Crippen molar-refractivity contribution in [2.24, 2.45) is 0 Å². The summed E-state index contributed by atoms with van der Waals surface area (Å²) in [5, 5.41) is 13.3. The molecule has 3 aromatic heterocycles. The third kappa shape index (κ3) is 6.51. The molecule has 51 heavy (non-hydrogen) atoms. The lowest BCUT2D eigenvalue weighted by atomic mass is 9.89. The zero-order valence-electron chi connectivity index (χ0n) is 28.6. The Hall–Kier alpha value is -5.71. The number of amides is 3. The largest absolute Gasteiger partial charge is 0.341 e. The summed E-state index contributed by atoms with van der Waals surface area (Å²) in [5.74, 6) is -0.0462. The Balaban J connectivity index is 0.973. The van der Waals surface area contributed by atoms with Crippen LogP contribution < -0.4 is 16.4 Å². The minimum absolute atomic E-state index is 0.0396. The molecule has 0 bridgehead atoms. The highest BCUT2D eigenvalue weighted by molar-refractivity contribution is 5.88. The van der Waals surface area contributed by atoms with Crippen molar-refractivity contribution >= 4 is 44.6 Å². The van der Waals surface area contributed by atoms with Gasteiger partial charge in [0.2, 0.25) is 5.91 Å². The predicted molar refractivity (Wildman–Crippen MR) is 198 cm³/mol. The van der Waals surface area contributed by atoms with Gasteiger partial charge in [-0.1, -0.05) is 42.5 Å². The van der Waals surface area contributed by atoms with Crippen molar-refractivity contribution in [3.63, 3.8) is 0 Å². The van der Waals surface area contributed by atoms with Crippen LogP contribution in [-0.4, -0.2) is 74.1 Å². The molecule has 0 unspecified atom stereocenters. The lowest BCUT2D eigenvalue weighted by molar-refractivity contribution is -0.134. The van der Waals surface area contributed by atoms with Crippen LogP contribution in [0, 0.1) is 6.92 Å². The van der Waals surface area contributed by atoms with E-state index in [9.17, 15) is 19.2 Å². The van der Waals surface area contributed by atoms with E-state index in [0.717, 1.165) is 55.0 Å². The van der Waals surface area contributed by atoms with Crippen LogP contribution >= 0.6 is 0 Å². The zero-order valence-corrected chi connectivity index (χ0v) is 28.6. The van der Waals surface area contributed by atoms with E-state index in [-0.39, 0.29) is 34.9 Å². The number of fused-ring (bicyclic) bond motifs is 3. The minimum Gasteiger partial charge on any atom is -0.341 e. The van der Waals surface area contributed by atoms with Crippen LogP contribution in [0.2, 0.25) is 0 Å². The lowest BCUT2D eigenvalue weighted by Gasteiger charge is -2.36. The standard InChI is InChI=1S/C40H41N7O4/c1-24-18-25(19-30-23-41-45-36(24)30)20-35(39(50)46-14-10-26(11-15-46)31-21-28-6-2-4-8-33(28)42-37(31)48)44-40(51)47-16-12-27(13-17-47)32-22-29-7-3-5-9-34(29)43-38(32)49/h2-9,18-19,21-23,26-27,35H,10-17,20H2,1H3,(H,41,45)(H,42,48)(H,43,49)(H,44,51)/t35-/m1/s1. The first-order valence-corrected chi connectivity index (χ1v) is 17.8. The first kappa shape index (κ1) is 32.5. The van der Waals surface area contributed by atoms with Crippen molar-refractivity contribution in [1.29, 1.82) is 0 Å². The molecular weight excluding hydrogens is 642 g/mol. The highest BCUT2D eigenvalue weighted by Crippen LogP contribution is 2.30. The summed E-state index contributed by atoms with van der Waals surface area (Å²) >= 11 is 0. The molecule has 0 radical (unpaired) electrons. The topological polar surface area (TPSA) is 147 Å². The van der Waals surface area contributed by atoms with Crippen molar-refractivity contribution in [1.82, 2.24) is 35.3 Å². The number of nitrogens with zero attached hydrogens (tertiary/aromatic N) is 3. The van der Waals surface area contributed by atoms with Gasteiger partial charge in [-0.2, -0.15) is 5.10 Å². The zero-order chi connectivity index (χ0) is 35.1. The number of aryl methyl sites for hydroxylation is 1. The summed E-state index contributed by atoms with van der Waals surface area (Å²) in [7, 11) is 0. The summed E-state index contributed by atoms with van der Waals surface area (Å²) < 4.78 is 0. The van der Waals surface area contributed by atoms with Gasteiger partial charge in [0.1, 0.15) is 6.04 Å². The van der Waals surface area contributed by atoms with Crippen LogP contribution in [0.3, 0.4) is 0 Å². The van der Waals surface area contributed by atoms with Gasteiger partial charge in [0, 0.05) is 60.1 Å². The smallest absolute Gasteiger partial charge is 0.318 e. The Bertz CT molecular complexity index is 2380. The van der Waals surface area contributed by atoms with Gasteiger partial charge in [-0.15, -0.1) is 0 Å². The third-order valence-electron chi connectivity index (χ3n) is 10.9. The molecule has 2 aliphatic rings. The van der Waals surface area contributed by atoms with Crippen molar-refractivity contribution < 1.29 is 9.59 Å². The minimum atomic E-state index is -0.775. The Morgan fingerprint density at radius 2 is 1.31 bits per heavy atom. The molecule has 3 amide bonds. The molecule has 4 N–H and O–H groups in total. The van der Waals surface area contributed by atoms with E-state index in [1.165, 1.54) is 0 Å². The fraction of sp³-hybridized carbons (Fsp3) is 0.325. The van der Waals surface area contributed by atoms with Gasteiger partial charge in [0.05, 0.1) is 11.7 Å². The van der Waals surface area contributed by atoms with Gasteiger partial charge in [-0.05, 0) is 96.7 Å². The summed E-state index contributed by atoms with van der Waals surface area (Å²) in [6, 6.07) is 22.5. The second-order valence-corrected chi connectivity index (χ2v) is 14.1. The number of nitrogens with one attached hydrogen (secondary N) is 4. The number of para-hydroxylation sites is 2. The number of H-pyrrole nitrogens is 3. The van der Waals surface area contributed by atoms with Gasteiger partial charge in [-0.3, -0.25) is 19.5 Å². The number of rotatable bonds is 6. The van der Waals surface area contributed by atoms with Gasteiger partial charge in [0.15, 0.2) is 0 Å². The van der Waals surface area contributed by atoms with E-state index < -0.39 is 6.04 Å². The van der Waals surface area contributed by atoms with Crippen LogP contribution in [0.4, 0.5) is 4.79 Å². The quantitative estimate of drug-likeness (QED) is 0.184. The van der Waals surface area contributed by atoms with Gasteiger partial charge in [-0.25, -0.2) is 4.79 Å². The molecule has 0 saturated carbocycles. The Morgan fingerprint density at radius 1 is 0.765 bits per heavy atom. The summed E-state index contributed by atoms with van der Waals surface area (Å²) in [4.78, 5) is 63.6. The van der Waals surface area contributed by atoms with Crippen molar-refractivity contribution in [2.45, 2.75) is 56.9 Å². The van der Waals surface area contributed by atoms with Crippen LogP contribution in [-0.2, 0) is 11.2 Å². The molecule has 2 fully saturated rings. The van der Waals surface area contributed by atoms with E-state index >= 15 is 0 Å². The Morgan fingerprint density at radius 3 is 1.90 bits per heavy atom. The van der Waals surface area contributed by atoms with Crippen LogP contribution in [0.25, 0.3) is 32.7 Å². The average Bonchev–Trinajstić information content (AvgIpc) is 3.63. The summed E-state index contributed by atoms with van der Waals surface area (Å²) in [6.07, 6.45) is 4.74. The fourth-order valence-electron chi connectivity index (χ4n) is 8.07. The molecular formula is C40H41N7O4. The molecule has 3 aromatic carbocycles. The number of carbonyl (C=O) groups is 2. The number of hydrogen-bond acceptors (Lipinski definition) is 5. The first-order chi connectivity index (χ1) is 24.8. The molecule has 8 rings (SSSR count). The number of carbonyl (C=O) groups excluding carboxylic acids is 2.